The van der Waals surface area contributed by atoms with Gasteiger partial charge in [-0.3, -0.25) is 0 Å². The molecule has 6 heteroatoms. The van der Waals surface area contributed by atoms with E-state index in [4.69, 9.17) is 5.73 Å². The van der Waals surface area contributed by atoms with Crippen molar-refractivity contribution in [3.05, 3.63) is 18.2 Å². The molecule has 0 unspecified atom stereocenters. The molecule has 3 nitrogen and oxygen atoms in total. The summed E-state index contributed by atoms with van der Waals surface area (Å²) >= 11 is 0. The third kappa shape index (κ3) is 2.18. The molecule has 96 valence electrons. The van der Waals surface area contributed by atoms with E-state index in [9.17, 15) is 13.2 Å². The lowest BCUT2D eigenvalue weighted by molar-refractivity contribution is -0.180. The number of aromatic nitrogens is 2. The number of hydrogen-bond acceptors (Lipinski definition) is 2. The van der Waals surface area contributed by atoms with Crippen LogP contribution in [0, 0.1) is 0 Å². The molecule has 2 rings (SSSR count). The predicted octanol–water partition coefficient (Wildman–Crippen LogP) is 2.21. The van der Waals surface area contributed by atoms with Crippen molar-refractivity contribution in [2.24, 2.45) is 5.73 Å². The van der Waals surface area contributed by atoms with Crippen LogP contribution in [0.3, 0.4) is 0 Å². The van der Waals surface area contributed by atoms with E-state index < -0.39 is 17.3 Å². The Morgan fingerprint density at radius 3 is 2.41 bits per heavy atom. The fraction of sp³-hybridized carbons (Fsp3) is 0.727. The second kappa shape index (κ2) is 3.48. The SMILES string of the molecule is CC(C)(N)Cc1cncn1C1(C(F)(F)F)CC1. The average molecular weight is 247 g/mol. The van der Waals surface area contributed by atoms with Gasteiger partial charge in [-0.1, -0.05) is 0 Å². The Balaban J connectivity index is 2.32. The van der Waals surface area contributed by atoms with E-state index in [1.54, 1.807) is 13.8 Å². The summed E-state index contributed by atoms with van der Waals surface area (Å²) in [6.07, 6.45) is -0.844. The van der Waals surface area contributed by atoms with Gasteiger partial charge >= 0.3 is 6.18 Å². The minimum absolute atomic E-state index is 0.130. The smallest absolute Gasteiger partial charge is 0.325 e. The van der Waals surface area contributed by atoms with Crippen LogP contribution in [-0.2, 0) is 12.0 Å². The minimum atomic E-state index is -4.22. The van der Waals surface area contributed by atoms with Gasteiger partial charge in [0.2, 0.25) is 0 Å². The molecular weight excluding hydrogens is 231 g/mol. The maximum absolute atomic E-state index is 13.0. The zero-order chi connectivity index (χ0) is 12.9. The molecule has 0 radical (unpaired) electrons. The molecule has 1 aliphatic rings. The topological polar surface area (TPSA) is 43.8 Å². The standard InChI is InChI=1S/C11H16F3N3/c1-9(2,15)5-8-6-16-7-17(8)10(3-4-10)11(12,13)14/h6-7H,3-5,15H2,1-2H3. The molecule has 0 aromatic carbocycles. The first kappa shape index (κ1) is 12.4. The molecule has 1 aromatic rings. The molecule has 1 fully saturated rings. The van der Waals surface area contributed by atoms with Gasteiger partial charge in [0, 0.05) is 23.9 Å². The van der Waals surface area contributed by atoms with Crippen molar-refractivity contribution in [1.29, 1.82) is 0 Å². The monoisotopic (exact) mass is 247 g/mol. The average Bonchev–Trinajstić information content (AvgIpc) is 2.81. The van der Waals surface area contributed by atoms with Crippen molar-refractivity contribution >= 4 is 0 Å². The van der Waals surface area contributed by atoms with E-state index in [1.165, 1.54) is 17.1 Å². The Morgan fingerprint density at radius 1 is 1.41 bits per heavy atom. The van der Waals surface area contributed by atoms with E-state index >= 15 is 0 Å². The van der Waals surface area contributed by atoms with Gasteiger partial charge in [-0.25, -0.2) is 4.98 Å². The van der Waals surface area contributed by atoms with Crippen molar-refractivity contribution in [2.45, 2.75) is 50.4 Å². The van der Waals surface area contributed by atoms with Crippen LogP contribution in [0.25, 0.3) is 0 Å². The number of hydrogen-bond donors (Lipinski definition) is 1. The first-order valence-corrected chi connectivity index (χ1v) is 5.53. The summed E-state index contributed by atoms with van der Waals surface area (Å²) in [5.41, 5.74) is 4.12. The second-order valence-corrected chi connectivity index (χ2v) is 5.45. The van der Waals surface area contributed by atoms with E-state index in [-0.39, 0.29) is 12.8 Å². The normalized spacial score (nSPS) is 19.4. The summed E-state index contributed by atoms with van der Waals surface area (Å²) in [5, 5.41) is 0. The summed E-state index contributed by atoms with van der Waals surface area (Å²) in [7, 11) is 0. The highest BCUT2D eigenvalue weighted by molar-refractivity contribution is 5.15. The highest BCUT2D eigenvalue weighted by Gasteiger charge is 2.65. The summed E-state index contributed by atoms with van der Waals surface area (Å²) in [6, 6.07) is 0. The number of imidazole rings is 1. The van der Waals surface area contributed by atoms with Gasteiger partial charge in [0.25, 0.3) is 0 Å². The molecule has 0 spiro atoms. The molecule has 1 aliphatic carbocycles. The van der Waals surface area contributed by atoms with Gasteiger partial charge in [-0.15, -0.1) is 0 Å². The maximum Gasteiger partial charge on any atom is 0.411 e. The summed E-state index contributed by atoms with van der Waals surface area (Å²) in [4.78, 5) is 3.83. The summed E-state index contributed by atoms with van der Waals surface area (Å²) in [5.74, 6) is 0. The molecule has 0 amide bonds. The van der Waals surface area contributed by atoms with Crippen LogP contribution in [0.4, 0.5) is 13.2 Å². The number of nitrogens with zero attached hydrogens (tertiary/aromatic N) is 2. The van der Waals surface area contributed by atoms with Crippen LogP contribution in [-0.4, -0.2) is 21.3 Å². The molecule has 17 heavy (non-hydrogen) atoms. The van der Waals surface area contributed by atoms with E-state index in [0.717, 1.165) is 0 Å². The van der Waals surface area contributed by atoms with Crippen LogP contribution < -0.4 is 5.73 Å². The lowest BCUT2D eigenvalue weighted by Gasteiger charge is -2.25. The van der Waals surface area contributed by atoms with Crippen molar-refractivity contribution in [3.63, 3.8) is 0 Å². The number of halogens is 3. The molecule has 1 aromatic heterocycles. The van der Waals surface area contributed by atoms with Gasteiger partial charge < -0.3 is 10.3 Å². The molecular formula is C11H16F3N3. The Morgan fingerprint density at radius 2 is 2.00 bits per heavy atom. The zero-order valence-electron chi connectivity index (χ0n) is 9.88. The Labute approximate surface area is 97.8 Å². The van der Waals surface area contributed by atoms with Crippen LogP contribution >= 0.6 is 0 Å². The molecule has 0 aliphatic heterocycles. The highest BCUT2D eigenvalue weighted by atomic mass is 19.4. The minimum Gasteiger partial charge on any atom is -0.325 e. The Kier molecular flexibility index (Phi) is 2.54. The molecule has 0 atom stereocenters. The van der Waals surface area contributed by atoms with Crippen molar-refractivity contribution in [2.75, 3.05) is 0 Å². The van der Waals surface area contributed by atoms with Crippen LogP contribution in [0.5, 0.6) is 0 Å². The van der Waals surface area contributed by atoms with Gasteiger partial charge in [0.15, 0.2) is 0 Å². The van der Waals surface area contributed by atoms with Gasteiger partial charge in [0.05, 0.1) is 6.33 Å². The van der Waals surface area contributed by atoms with Gasteiger partial charge in [-0.2, -0.15) is 13.2 Å². The largest absolute Gasteiger partial charge is 0.411 e. The number of nitrogens with two attached hydrogens (primary N) is 1. The fourth-order valence-corrected chi connectivity index (χ4v) is 2.08. The molecule has 1 heterocycles. The molecule has 1 saturated carbocycles. The van der Waals surface area contributed by atoms with Crippen molar-refractivity contribution in [1.82, 2.24) is 9.55 Å². The van der Waals surface area contributed by atoms with Crippen LogP contribution in [0.15, 0.2) is 12.5 Å². The van der Waals surface area contributed by atoms with Crippen molar-refractivity contribution < 1.29 is 13.2 Å². The summed E-state index contributed by atoms with van der Waals surface area (Å²) in [6.45, 7) is 3.58. The number of alkyl halides is 3. The maximum atomic E-state index is 13.0. The van der Waals surface area contributed by atoms with Gasteiger partial charge in [0.1, 0.15) is 5.54 Å². The lowest BCUT2D eigenvalue weighted by atomic mass is 10.00. The summed E-state index contributed by atoms with van der Waals surface area (Å²) < 4.78 is 40.2. The van der Waals surface area contributed by atoms with Crippen LogP contribution in [0.1, 0.15) is 32.4 Å². The lowest BCUT2D eigenvalue weighted by Crippen LogP contribution is -2.39. The first-order chi connectivity index (χ1) is 7.66. The molecule has 0 saturated heterocycles. The fourth-order valence-electron chi connectivity index (χ4n) is 2.08. The zero-order valence-corrected chi connectivity index (χ0v) is 9.88. The Hall–Kier alpha value is -1.04. The first-order valence-electron chi connectivity index (χ1n) is 5.53. The third-order valence-corrected chi connectivity index (χ3v) is 3.06. The van der Waals surface area contributed by atoms with Gasteiger partial charge in [-0.05, 0) is 26.7 Å². The number of rotatable bonds is 3. The van der Waals surface area contributed by atoms with Crippen molar-refractivity contribution in [3.8, 4) is 0 Å². The third-order valence-electron chi connectivity index (χ3n) is 3.06. The Bertz CT molecular complexity index is 410. The highest BCUT2D eigenvalue weighted by Crippen LogP contribution is 2.55. The quantitative estimate of drug-likeness (QED) is 0.890. The second-order valence-electron chi connectivity index (χ2n) is 5.45. The van der Waals surface area contributed by atoms with Crippen LogP contribution in [0.2, 0.25) is 0 Å². The van der Waals surface area contributed by atoms with E-state index in [2.05, 4.69) is 4.98 Å². The molecule has 2 N–H and O–H groups in total. The van der Waals surface area contributed by atoms with E-state index in [1.807, 2.05) is 0 Å². The predicted molar refractivity (Wildman–Crippen MR) is 57.5 cm³/mol. The molecule has 0 bridgehead atoms. The van der Waals surface area contributed by atoms with E-state index in [0.29, 0.717) is 12.1 Å².